The summed E-state index contributed by atoms with van der Waals surface area (Å²) in [5, 5.41) is 6.42. The Balaban J connectivity index is 1.54. The summed E-state index contributed by atoms with van der Waals surface area (Å²) in [5.74, 6) is -0.226. The number of rotatable bonds is 6. The van der Waals surface area contributed by atoms with Crippen LogP contribution in [0.3, 0.4) is 0 Å². The van der Waals surface area contributed by atoms with Crippen molar-refractivity contribution in [2.24, 2.45) is 0 Å². The van der Waals surface area contributed by atoms with Crippen LogP contribution in [-0.2, 0) is 13.1 Å². The highest BCUT2D eigenvalue weighted by Gasteiger charge is 2.09. The van der Waals surface area contributed by atoms with Crippen LogP contribution in [0.2, 0.25) is 5.02 Å². The van der Waals surface area contributed by atoms with Crippen molar-refractivity contribution in [2.45, 2.75) is 13.1 Å². The molecule has 0 spiro atoms. The van der Waals surface area contributed by atoms with Gasteiger partial charge in [0.2, 0.25) is 0 Å². The highest BCUT2D eigenvalue weighted by Crippen LogP contribution is 2.11. The second-order valence-electron chi connectivity index (χ2n) is 5.54. The lowest BCUT2D eigenvalue weighted by molar-refractivity contribution is 0.0945. The maximum absolute atomic E-state index is 13.5. The summed E-state index contributed by atoms with van der Waals surface area (Å²) in [5.41, 5.74) is 1.62. The van der Waals surface area contributed by atoms with Gasteiger partial charge in [-0.25, -0.2) is 14.4 Å². The molecule has 132 valence electrons. The van der Waals surface area contributed by atoms with Gasteiger partial charge in [-0.05, 0) is 23.8 Å². The van der Waals surface area contributed by atoms with Crippen LogP contribution in [0.1, 0.15) is 21.6 Å². The molecule has 0 aliphatic rings. The van der Waals surface area contributed by atoms with Gasteiger partial charge in [-0.1, -0.05) is 41.9 Å². The van der Waals surface area contributed by atoms with Crippen molar-refractivity contribution < 1.29 is 9.18 Å². The van der Waals surface area contributed by atoms with E-state index in [0.29, 0.717) is 22.9 Å². The number of hydrogen-bond donors (Lipinski definition) is 2. The first kappa shape index (κ1) is 17.8. The highest BCUT2D eigenvalue weighted by molar-refractivity contribution is 6.30. The van der Waals surface area contributed by atoms with Gasteiger partial charge in [0.25, 0.3) is 5.91 Å². The van der Waals surface area contributed by atoms with E-state index in [1.807, 2.05) is 24.3 Å². The lowest BCUT2D eigenvalue weighted by atomic mass is 10.2. The number of amides is 1. The van der Waals surface area contributed by atoms with E-state index in [2.05, 4.69) is 20.6 Å². The van der Waals surface area contributed by atoms with Crippen LogP contribution in [0, 0.1) is 5.82 Å². The van der Waals surface area contributed by atoms with E-state index < -0.39 is 5.91 Å². The molecule has 2 N–H and O–H groups in total. The molecule has 3 rings (SSSR count). The Morgan fingerprint density at radius 2 is 1.77 bits per heavy atom. The molecule has 0 unspecified atom stereocenters. The van der Waals surface area contributed by atoms with Gasteiger partial charge < -0.3 is 10.6 Å². The Morgan fingerprint density at radius 1 is 1.00 bits per heavy atom. The Hall–Kier alpha value is -2.99. The Labute approximate surface area is 155 Å². The van der Waals surface area contributed by atoms with Crippen molar-refractivity contribution in [3.8, 4) is 0 Å². The fourth-order valence-electron chi connectivity index (χ4n) is 2.24. The number of nitrogens with zero attached hydrogens (tertiary/aromatic N) is 2. The molecule has 3 aromatic rings. The van der Waals surface area contributed by atoms with Gasteiger partial charge in [0.05, 0.1) is 12.4 Å². The molecule has 0 saturated carbocycles. The summed E-state index contributed by atoms with van der Waals surface area (Å²) in [7, 11) is 0. The minimum absolute atomic E-state index is 0.0871. The van der Waals surface area contributed by atoms with Crippen molar-refractivity contribution in [2.75, 3.05) is 5.32 Å². The fraction of sp³-hybridized carbons (Fsp3) is 0.105. The number of carbonyl (C=O) groups is 1. The van der Waals surface area contributed by atoms with Crippen LogP contribution >= 0.6 is 11.6 Å². The second-order valence-corrected chi connectivity index (χ2v) is 5.98. The molecule has 0 aliphatic carbocycles. The van der Waals surface area contributed by atoms with Crippen molar-refractivity contribution in [1.82, 2.24) is 15.3 Å². The molecule has 0 aliphatic heterocycles. The minimum atomic E-state index is -0.412. The lowest BCUT2D eigenvalue weighted by Gasteiger charge is -2.07. The van der Waals surface area contributed by atoms with Crippen LogP contribution in [0.25, 0.3) is 0 Å². The number of carbonyl (C=O) groups excluding carboxylic acids is 1. The predicted molar refractivity (Wildman–Crippen MR) is 98.4 cm³/mol. The molecule has 0 saturated heterocycles. The molecule has 0 radical (unpaired) electrons. The summed E-state index contributed by atoms with van der Waals surface area (Å²) < 4.78 is 13.5. The van der Waals surface area contributed by atoms with Crippen LogP contribution in [0.4, 0.5) is 10.2 Å². The van der Waals surface area contributed by atoms with Gasteiger partial charge in [-0.2, -0.15) is 0 Å². The molecule has 2 aromatic carbocycles. The highest BCUT2D eigenvalue weighted by atomic mass is 35.5. The zero-order valence-electron chi connectivity index (χ0n) is 13.7. The first-order valence-corrected chi connectivity index (χ1v) is 8.31. The van der Waals surface area contributed by atoms with Gasteiger partial charge in [0.1, 0.15) is 17.3 Å². The van der Waals surface area contributed by atoms with Gasteiger partial charge in [-0.15, -0.1) is 0 Å². The largest absolute Gasteiger partial charge is 0.365 e. The Kier molecular flexibility index (Phi) is 5.76. The fourth-order valence-corrected chi connectivity index (χ4v) is 2.37. The number of anilines is 1. The first-order valence-electron chi connectivity index (χ1n) is 7.94. The van der Waals surface area contributed by atoms with Crippen molar-refractivity contribution >= 4 is 23.3 Å². The average Bonchev–Trinajstić information content (AvgIpc) is 2.67. The van der Waals surface area contributed by atoms with Crippen molar-refractivity contribution in [3.63, 3.8) is 0 Å². The molecule has 0 atom stereocenters. The van der Waals surface area contributed by atoms with E-state index in [-0.39, 0.29) is 18.1 Å². The van der Waals surface area contributed by atoms with E-state index in [1.54, 1.807) is 18.2 Å². The van der Waals surface area contributed by atoms with E-state index in [1.165, 1.54) is 18.5 Å². The van der Waals surface area contributed by atoms with Crippen LogP contribution < -0.4 is 10.6 Å². The number of nitrogens with one attached hydrogen (secondary N) is 2. The zero-order chi connectivity index (χ0) is 18.4. The van der Waals surface area contributed by atoms with Crippen LogP contribution in [0.5, 0.6) is 0 Å². The standard InChI is InChI=1S/C19H16ClFN4O/c20-15-7-5-13(6-8-15)9-23-18-12-22-17(11-24-18)19(26)25-10-14-3-1-2-4-16(14)21/h1-8,11-12H,9-10H2,(H,23,24)(H,25,26). The van der Waals surface area contributed by atoms with Crippen molar-refractivity contribution in [1.29, 1.82) is 0 Å². The normalized spacial score (nSPS) is 10.4. The molecule has 0 fully saturated rings. The quantitative estimate of drug-likeness (QED) is 0.692. The molecule has 1 heterocycles. The lowest BCUT2D eigenvalue weighted by Crippen LogP contribution is -2.24. The maximum atomic E-state index is 13.5. The minimum Gasteiger partial charge on any atom is -0.365 e. The molecule has 5 nitrogen and oxygen atoms in total. The molecular weight excluding hydrogens is 355 g/mol. The molecular formula is C19H16ClFN4O. The average molecular weight is 371 g/mol. The van der Waals surface area contributed by atoms with E-state index in [9.17, 15) is 9.18 Å². The number of aromatic nitrogens is 2. The molecule has 1 amide bonds. The maximum Gasteiger partial charge on any atom is 0.271 e. The Morgan fingerprint density at radius 3 is 2.46 bits per heavy atom. The summed E-state index contributed by atoms with van der Waals surface area (Å²) in [4.78, 5) is 20.3. The van der Waals surface area contributed by atoms with E-state index in [0.717, 1.165) is 5.56 Å². The monoisotopic (exact) mass is 370 g/mol. The zero-order valence-corrected chi connectivity index (χ0v) is 14.5. The third-order valence-corrected chi connectivity index (χ3v) is 3.92. The van der Waals surface area contributed by atoms with E-state index in [4.69, 9.17) is 11.6 Å². The molecule has 1 aromatic heterocycles. The van der Waals surface area contributed by atoms with Crippen molar-refractivity contribution in [3.05, 3.63) is 88.6 Å². The van der Waals surface area contributed by atoms with Gasteiger partial charge in [-0.3, -0.25) is 4.79 Å². The number of halogens is 2. The van der Waals surface area contributed by atoms with Gasteiger partial charge >= 0.3 is 0 Å². The summed E-state index contributed by atoms with van der Waals surface area (Å²) in [6.45, 7) is 0.647. The molecule has 0 bridgehead atoms. The number of hydrogen-bond acceptors (Lipinski definition) is 4. The van der Waals surface area contributed by atoms with E-state index >= 15 is 0 Å². The van der Waals surface area contributed by atoms with Gasteiger partial charge in [0.15, 0.2) is 0 Å². The summed E-state index contributed by atoms with van der Waals surface area (Å²) in [6, 6.07) is 13.7. The molecule has 26 heavy (non-hydrogen) atoms. The van der Waals surface area contributed by atoms with Crippen LogP contribution in [0.15, 0.2) is 60.9 Å². The Bertz CT molecular complexity index is 885. The SMILES string of the molecule is O=C(NCc1ccccc1F)c1cnc(NCc2ccc(Cl)cc2)cn1. The predicted octanol–water partition coefficient (Wildman–Crippen LogP) is 3.81. The first-order chi connectivity index (χ1) is 12.6. The number of benzene rings is 2. The second kappa shape index (κ2) is 8.40. The summed E-state index contributed by atoms with van der Waals surface area (Å²) in [6.07, 6.45) is 2.86. The topological polar surface area (TPSA) is 66.9 Å². The third kappa shape index (κ3) is 4.77. The van der Waals surface area contributed by atoms with Crippen LogP contribution in [-0.4, -0.2) is 15.9 Å². The third-order valence-electron chi connectivity index (χ3n) is 3.67. The van der Waals surface area contributed by atoms with Gasteiger partial charge in [0, 0.05) is 23.7 Å². The smallest absolute Gasteiger partial charge is 0.271 e. The summed E-state index contributed by atoms with van der Waals surface area (Å²) >= 11 is 5.85. The molecule has 7 heteroatoms.